The molecular formula is C20H24BrNO2. The third-order valence-electron chi connectivity index (χ3n) is 4.21. The van der Waals surface area contributed by atoms with Crippen LogP contribution in [-0.2, 0) is 17.9 Å². The molecular weight excluding hydrogens is 366 g/mol. The van der Waals surface area contributed by atoms with Crippen molar-refractivity contribution in [3.63, 3.8) is 0 Å². The van der Waals surface area contributed by atoms with Crippen molar-refractivity contribution in [1.29, 1.82) is 0 Å². The van der Waals surface area contributed by atoms with Crippen molar-refractivity contribution in [2.24, 2.45) is 0 Å². The van der Waals surface area contributed by atoms with Crippen LogP contribution in [0.1, 0.15) is 29.5 Å². The molecule has 0 saturated carbocycles. The third kappa shape index (κ3) is 5.07. The van der Waals surface area contributed by atoms with E-state index >= 15 is 0 Å². The molecule has 3 rings (SSSR count). The van der Waals surface area contributed by atoms with Gasteiger partial charge < -0.3 is 14.8 Å². The monoisotopic (exact) mass is 389 g/mol. The maximum atomic E-state index is 6.06. The Labute approximate surface area is 152 Å². The average Bonchev–Trinajstić information content (AvgIpc) is 3.07. The molecule has 1 N–H and O–H groups in total. The van der Waals surface area contributed by atoms with Gasteiger partial charge in [-0.15, -0.1) is 0 Å². The lowest BCUT2D eigenvalue weighted by Gasteiger charge is -2.15. The molecule has 0 radical (unpaired) electrons. The molecule has 2 aromatic carbocycles. The van der Waals surface area contributed by atoms with E-state index in [4.69, 9.17) is 9.47 Å². The molecule has 0 aliphatic carbocycles. The van der Waals surface area contributed by atoms with Crippen LogP contribution in [0.3, 0.4) is 0 Å². The summed E-state index contributed by atoms with van der Waals surface area (Å²) in [6.45, 7) is 5.26. The van der Waals surface area contributed by atoms with Gasteiger partial charge in [0, 0.05) is 29.7 Å². The fourth-order valence-electron chi connectivity index (χ4n) is 2.96. The average molecular weight is 390 g/mol. The van der Waals surface area contributed by atoms with Crippen LogP contribution in [0.4, 0.5) is 0 Å². The number of nitrogens with one attached hydrogen (secondary N) is 1. The summed E-state index contributed by atoms with van der Waals surface area (Å²) in [6.07, 6.45) is 2.69. The second-order valence-corrected chi connectivity index (χ2v) is 7.21. The van der Waals surface area contributed by atoms with E-state index in [9.17, 15) is 0 Å². The Morgan fingerprint density at radius 1 is 1.25 bits per heavy atom. The van der Waals surface area contributed by atoms with Crippen LogP contribution >= 0.6 is 15.9 Å². The Kier molecular flexibility index (Phi) is 6.30. The van der Waals surface area contributed by atoms with Crippen molar-refractivity contribution in [1.82, 2.24) is 5.32 Å². The molecule has 1 heterocycles. The van der Waals surface area contributed by atoms with Crippen LogP contribution in [0.2, 0.25) is 0 Å². The first-order valence-corrected chi connectivity index (χ1v) is 9.29. The van der Waals surface area contributed by atoms with Gasteiger partial charge in [0.1, 0.15) is 12.4 Å². The molecule has 0 bridgehead atoms. The van der Waals surface area contributed by atoms with Crippen molar-refractivity contribution in [2.75, 3.05) is 13.2 Å². The SMILES string of the molecule is Cc1cccc(COc2ccc(Br)cc2CNC[C@@H]2CCCO2)c1. The highest BCUT2D eigenvalue weighted by molar-refractivity contribution is 9.10. The predicted molar refractivity (Wildman–Crippen MR) is 100 cm³/mol. The first-order chi connectivity index (χ1) is 11.7. The molecule has 0 unspecified atom stereocenters. The quantitative estimate of drug-likeness (QED) is 0.749. The lowest BCUT2D eigenvalue weighted by atomic mass is 10.1. The lowest BCUT2D eigenvalue weighted by Crippen LogP contribution is -2.26. The van der Waals surface area contributed by atoms with Gasteiger partial charge in [-0.3, -0.25) is 0 Å². The van der Waals surface area contributed by atoms with Crippen LogP contribution in [-0.4, -0.2) is 19.3 Å². The van der Waals surface area contributed by atoms with Gasteiger partial charge in [0.25, 0.3) is 0 Å². The van der Waals surface area contributed by atoms with Gasteiger partial charge in [0.2, 0.25) is 0 Å². The van der Waals surface area contributed by atoms with E-state index in [2.05, 4.69) is 58.5 Å². The number of rotatable bonds is 7. The maximum Gasteiger partial charge on any atom is 0.124 e. The Morgan fingerprint density at radius 2 is 2.17 bits per heavy atom. The van der Waals surface area contributed by atoms with Crippen LogP contribution < -0.4 is 10.1 Å². The molecule has 1 atom stereocenters. The highest BCUT2D eigenvalue weighted by Gasteiger charge is 2.15. The second kappa shape index (κ2) is 8.65. The molecule has 0 spiro atoms. The zero-order chi connectivity index (χ0) is 16.8. The minimum Gasteiger partial charge on any atom is -0.489 e. The molecule has 3 nitrogen and oxygen atoms in total. The summed E-state index contributed by atoms with van der Waals surface area (Å²) < 4.78 is 12.8. The molecule has 1 aliphatic heterocycles. The first-order valence-electron chi connectivity index (χ1n) is 8.50. The van der Waals surface area contributed by atoms with Crippen LogP contribution in [0, 0.1) is 6.92 Å². The largest absolute Gasteiger partial charge is 0.489 e. The molecule has 1 aliphatic rings. The molecule has 1 saturated heterocycles. The summed E-state index contributed by atoms with van der Waals surface area (Å²) in [4.78, 5) is 0. The van der Waals surface area contributed by atoms with Crippen LogP contribution in [0.25, 0.3) is 0 Å². The van der Waals surface area contributed by atoms with Gasteiger partial charge in [-0.1, -0.05) is 45.8 Å². The summed E-state index contributed by atoms with van der Waals surface area (Å²) in [5, 5.41) is 3.49. The summed E-state index contributed by atoms with van der Waals surface area (Å²) in [6, 6.07) is 14.6. The fourth-order valence-corrected chi connectivity index (χ4v) is 3.37. The van der Waals surface area contributed by atoms with Gasteiger partial charge in [-0.2, -0.15) is 0 Å². The van der Waals surface area contributed by atoms with Crippen LogP contribution in [0.5, 0.6) is 5.75 Å². The van der Waals surface area contributed by atoms with E-state index in [0.29, 0.717) is 12.7 Å². The smallest absolute Gasteiger partial charge is 0.124 e. The summed E-state index contributed by atoms with van der Waals surface area (Å²) in [7, 11) is 0. The van der Waals surface area contributed by atoms with Gasteiger partial charge in [0.15, 0.2) is 0 Å². The van der Waals surface area contributed by atoms with Crippen molar-refractivity contribution >= 4 is 15.9 Å². The van der Waals surface area contributed by atoms with E-state index in [1.165, 1.54) is 17.5 Å². The zero-order valence-electron chi connectivity index (χ0n) is 14.1. The fraction of sp³-hybridized carbons (Fsp3) is 0.400. The molecule has 128 valence electrons. The van der Waals surface area contributed by atoms with E-state index in [0.717, 1.165) is 41.9 Å². The maximum absolute atomic E-state index is 6.06. The number of hydrogen-bond donors (Lipinski definition) is 1. The zero-order valence-corrected chi connectivity index (χ0v) is 15.6. The molecule has 4 heteroatoms. The van der Waals surface area contributed by atoms with Crippen molar-refractivity contribution in [3.05, 3.63) is 63.6 Å². The van der Waals surface area contributed by atoms with E-state index in [1.54, 1.807) is 0 Å². The number of benzene rings is 2. The number of hydrogen-bond acceptors (Lipinski definition) is 3. The highest BCUT2D eigenvalue weighted by Crippen LogP contribution is 2.24. The predicted octanol–water partition coefficient (Wildman–Crippen LogP) is 4.61. The standard InChI is InChI=1S/C20H24BrNO2/c1-15-4-2-5-16(10-15)14-24-20-8-7-18(21)11-17(20)12-22-13-19-6-3-9-23-19/h2,4-5,7-8,10-11,19,22H,3,6,9,12-14H2,1H3/t19-/m0/s1. The van der Waals surface area contributed by atoms with E-state index in [-0.39, 0.29) is 0 Å². The molecule has 0 aromatic heterocycles. The van der Waals surface area contributed by atoms with Crippen LogP contribution in [0.15, 0.2) is 46.9 Å². The minimum absolute atomic E-state index is 0.355. The molecule has 1 fully saturated rings. The summed E-state index contributed by atoms with van der Waals surface area (Å²) in [5.41, 5.74) is 3.61. The lowest BCUT2D eigenvalue weighted by molar-refractivity contribution is 0.110. The molecule has 24 heavy (non-hydrogen) atoms. The topological polar surface area (TPSA) is 30.5 Å². The molecule has 0 amide bonds. The number of halogens is 1. The van der Waals surface area contributed by atoms with Crippen molar-refractivity contribution in [2.45, 2.75) is 39.0 Å². The summed E-state index contributed by atoms with van der Waals surface area (Å²) >= 11 is 3.55. The molecule has 2 aromatic rings. The minimum atomic E-state index is 0.355. The Morgan fingerprint density at radius 3 is 2.96 bits per heavy atom. The third-order valence-corrected chi connectivity index (χ3v) is 4.70. The van der Waals surface area contributed by atoms with Crippen molar-refractivity contribution in [3.8, 4) is 5.75 Å². The Hall–Kier alpha value is -1.36. The van der Waals surface area contributed by atoms with Gasteiger partial charge in [-0.25, -0.2) is 0 Å². The summed E-state index contributed by atoms with van der Waals surface area (Å²) in [5.74, 6) is 0.930. The Balaban J connectivity index is 1.59. The van der Waals surface area contributed by atoms with E-state index < -0.39 is 0 Å². The normalized spacial score (nSPS) is 17.2. The number of aryl methyl sites for hydroxylation is 1. The second-order valence-electron chi connectivity index (χ2n) is 6.30. The first kappa shape index (κ1) is 17.5. The van der Waals surface area contributed by atoms with Gasteiger partial charge in [0.05, 0.1) is 6.10 Å². The van der Waals surface area contributed by atoms with Crippen molar-refractivity contribution < 1.29 is 9.47 Å². The van der Waals surface area contributed by atoms with Gasteiger partial charge >= 0.3 is 0 Å². The van der Waals surface area contributed by atoms with E-state index in [1.807, 2.05) is 12.1 Å². The Bertz CT molecular complexity index is 668. The highest BCUT2D eigenvalue weighted by atomic mass is 79.9. The van der Waals surface area contributed by atoms with Gasteiger partial charge in [-0.05, 0) is 43.5 Å². The number of ether oxygens (including phenoxy) is 2.